The molecule has 2 N–H and O–H groups in total. The number of carbonyl (C=O) groups is 1. The molecule has 0 radical (unpaired) electrons. The average Bonchev–Trinajstić information content (AvgIpc) is 3.37. The summed E-state index contributed by atoms with van der Waals surface area (Å²) >= 11 is 0. The highest BCUT2D eigenvalue weighted by Gasteiger charge is 2.37. The number of piperidine rings is 1. The lowest BCUT2D eigenvalue weighted by atomic mass is 9.78. The number of fused-ring (bicyclic) bond motifs is 2. The SMILES string of the molecule is CN1CCC(C2=C(C#N)C(c3cccc4nonc34)c3c[nH]nc3N2)CC1=O. The summed E-state index contributed by atoms with van der Waals surface area (Å²) in [6.07, 6.45) is 2.94. The van der Waals surface area contributed by atoms with Gasteiger partial charge in [-0.15, -0.1) is 0 Å². The Labute approximate surface area is 160 Å². The van der Waals surface area contributed by atoms with E-state index < -0.39 is 0 Å². The molecule has 9 heteroatoms. The number of carbonyl (C=O) groups excluding carboxylic acids is 1. The summed E-state index contributed by atoms with van der Waals surface area (Å²) < 4.78 is 4.92. The third-order valence-electron chi connectivity index (χ3n) is 5.63. The number of aromatic nitrogens is 4. The monoisotopic (exact) mass is 375 g/mol. The van der Waals surface area contributed by atoms with Crippen LogP contribution in [0.4, 0.5) is 5.82 Å². The van der Waals surface area contributed by atoms with Gasteiger partial charge in [0.25, 0.3) is 0 Å². The van der Waals surface area contributed by atoms with Crippen molar-refractivity contribution in [2.75, 3.05) is 18.9 Å². The van der Waals surface area contributed by atoms with E-state index in [-0.39, 0.29) is 17.7 Å². The van der Waals surface area contributed by atoms with Crippen molar-refractivity contribution in [1.82, 2.24) is 25.4 Å². The predicted molar refractivity (Wildman–Crippen MR) is 98.9 cm³/mol. The molecule has 2 atom stereocenters. The van der Waals surface area contributed by atoms with Crippen LogP contribution in [-0.4, -0.2) is 44.9 Å². The molecule has 9 nitrogen and oxygen atoms in total. The molecular weight excluding hydrogens is 358 g/mol. The number of aromatic amines is 1. The Morgan fingerprint density at radius 3 is 3.04 bits per heavy atom. The topological polar surface area (TPSA) is 124 Å². The second-order valence-corrected chi connectivity index (χ2v) is 7.17. The van der Waals surface area contributed by atoms with Crippen molar-refractivity contribution >= 4 is 22.8 Å². The van der Waals surface area contributed by atoms with E-state index >= 15 is 0 Å². The Bertz CT molecular complexity index is 1150. The molecule has 2 unspecified atom stereocenters. The number of hydrogen-bond donors (Lipinski definition) is 2. The van der Waals surface area contributed by atoms with Crippen molar-refractivity contribution in [3.8, 4) is 6.07 Å². The normalized spacial score (nSPS) is 22.1. The number of likely N-dealkylation sites (tertiary alicyclic amines) is 1. The first kappa shape index (κ1) is 16.5. The van der Waals surface area contributed by atoms with Crippen LogP contribution in [0.25, 0.3) is 11.0 Å². The third kappa shape index (κ3) is 2.38. The number of nitriles is 1. The van der Waals surface area contributed by atoms with Gasteiger partial charge in [-0.3, -0.25) is 9.89 Å². The maximum atomic E-state index is 12.3. The number of nitrogens with zero attached hydrogens (tertiary/aromatic N) is 5. The first-order valence-electron chi connectivity index (χ1n) is 9.07. The van der Waals surface area contributed by atoms with Crippen LogP contribution in [0, 0.1) is 17.2 Å². The Kier molecular flexibility index (Phi) is 3.65. The minimum Gasteiger partial charge on any atom is -0.346 e. The number of H-pyrrole nitrogens is 1. The Morgan fingerprint density at radius 2 is 2.21 bits per heavy atom. The number of allylic oxidation sites excluding steroid dienone is 2. The summed E-state index contributed by atoms with van der Waals surface area (Å²) in [4.78, 5) is 14.0. The minimum atomic E-state index is -0.361. The van der Waals surface area contributed by atoms with Crippen LogP contribution in [0.2, 0.25) is 0 Å². The summed E-state index contributed by atoms with van der Waals surface area (Å²) in [5.41, 5.74) is 4.28. The Hall–Kier alpha value is -3.67. The second kappa shape index (κ2) is 6.20. The lowest BCUT2D eigenvalue weighted by Gasteiger charge is -2.34. The average molecular weight is 375 g/mol. The van der Waals surface area contributed by atoms with Crippen molar-refractivity contribution in [3.05, 3.63) is 46.8 Å². The molecule has 1 aromatic carbocycles. The number of nitrogens with one attached hydrogen (secondary N) is 2. The number of anilines is 1. The van der Waals surface area contributed by atoms with Gasteiger partial charge in [0.1, 0.15) is 11.0 Å². The number of amides is 1. The van der Waals surface area contributed by atoms with Crippen LogP contribution in [-0.2, 0) is 4.79 Å². The third-order valence-corrected chi connectivity index (χ3v) is 5.63. The molecule has 1 amide bonds. The second-order valence-electron chi connectivity index (χ2n) is 7.17. The van der Waals surface area contributed by atoms with Crippen LogP contribution >= 0.6 is 0 Å². The van der Waals surface area contributed by atoms with Crippen LogP contribution in [0.1, 0.15) is 29.9 Å². The molecule has 2 aliphatic heterocycles. The Balaban J connectivity index is 1.69. The largest absolute Gasteiger partial charge is 0.346 e. The quantitative estimate of drug-likeness (QED) is 0.703. The summed E-state index contributed by atoms with van der Waals surface area (Å²) in [6.45, 7) is 0.661. The fourth-order valence-corrected chi connectivity index (χ4v) is 4.14. The van der Waals surface area contributed by atoms with Crippen molar-refractivity contribution in [1.29, 1.82) is 5.26 Å². The first-order valence-corrected chi connectivity index (χ1v) is 9.07. The molecule has 3 aromatic rings. The van der Waals surface area contributed by atoms with Gasteiger partial charge in [0.15, 0.2) is 5.82 Å². The Morgan fingerprint density at radius 1 is 1.32 bits per heavy atom. The molecule has 0 saturated carbocycles. The lowest BCUT2D eigenvalue weighted by molar-refractivity contribution is -0.132. The molecular formula is C19H17N7O2. The summed E-state index contributed by atoms with van der Waals surface area (Å²) in [6, 6.07) is 8.00. The van der Waals surface area contributed by atoms with Crippen molar-refractivity contribution in [2.45, 2.75) is 18.8 Å². The number of hydrogen-bond acceptors (Lipinski definition) is 7. The van der Waals surface area contributed by atoms with Crippen LogP contribution < -0.4 is 5.32 Å². The highest BCUT2D eigenvalue weighted by Crippen LogP contribution is 2.45. The fraction of sp³-hybridized carbons (Fsp3) is 0.316. The predicted octanol–water partition coefficient (Wildman–Crippen LogP) is 2.15. The van der Waals surface area contributed by atoms with Crippen molar-refractivity contribution < 1.29 is 9.42 Å². The lowest BCUT2D eigenvalue weighted by Crippen LogP contribution is -2.38. The molecule has 0 spiro atoms. The van der Waals surface area contributed by atoms with E-state index in [0.717, 1.165) is 23.2 Å². The van der Waals surface area contributed by atoms with Gasteiger partial charge in [0, 0.05) is 43.4 Å². The molecule has 28 heavy (non-hydrogen) atoms. The van der Waals surface area contributed by atoms with Crippen LogP contribution in [0.5, 0.6) is 0 Å². The molecule has 5 rings (SSSR count). The molecule has 4 heterocycles. The van der Waals surface area contributed by atoms with E-state index in [2.05, 4.69) is 31.9 Å². The first-order chi connectivity index (χ1) is 13.7. The van der Waals surface area contributed by atoms with Gasteiger partial charge in [-0.05, 0) is 28.4 Å². The van der Waals surface area contributed by atoms with E-state index in [9.17, 15) is 10.1 Å². The van der Waals surface area contributed by atoms with Gasteiger partial charge in [0.05, 0.1) is 17.6 Å². The maximum Gasteiger partial charge on any atom is 0.222 e. The summed E-state index contributed by atoms with van der Waals surface area (Å²) in [5.74, 6) is 0.328. The smallest absolute Gasteiger partial charge is 0.222 e. The highest BCUT2D eigenvalue weighted by molar-refractivity contribution is 5.81. The van der Waals surface area contributed by atoms with Crippen LogP contribution in [0.15, 0.2) is 40.3 Å². The molecule has 0 aliphatic carbocycles. The minimum absolute atomic E-state index is 0.0552. The van der Waals surface area contributed by atoms with Gasteiger partial charge >= 0.3 is 0 Å². The maximum absolute atomic E-state index is 12.3. The highest BCUT2D eigenvalue weighted by atomic mass is 16.6. The van der Waals surface area contributed by atoms with E-state index in [1.165, 1.54) is 0 Å². The van der Waals surface area contributed by atoms with E-state index in [4.69, 9.17) is 4.63 Å². The molecule has 2 aromatic heterocycles. The molecule has 0 bridgehead atoms. The molecule has 140 valence electrons. The summed E-state index contributed by atoms with van der Waals surface area (Å²) in [7, 11) is 1.80. The molecule has 1 fully saturated rings. The van der Waals surface area contributed by atoms with Gasteiger partial charge < -0.3 is 10.2 Å². The number of benzene rings is 1. The fourth-order valence-electron chi connectivity index (χ4n) is 4.14. The van der Waals surface area contributed by atoms with E-state index in [1.807, 2.05) is 18.2 Å². The van der Waals surface area contributed by atoms with Gasteiger partial charge in [0.2, 0.25) is 5.91 Å². The van der Waals surface area contributed by atoms with Crippen molar-refractivity contribution in [2.24, 2.45) is 5.92 Å². The zero-order chi connectivity index (χ0) is 19.3. The zero-order valence-corrected chi connectivity index (χ0v) is 15.1. The summed E-state index contributed by atoms with van der Waals surface area (Å²) in [5, 5.41) is 28.6. The van der Waals surface area contributed by atoms with Gasteiger partial charge in [-0.1, -0.05) is 12.1 Å². The van der Waals surface area contributed by atoms with Crippen LogP contribution in [0.3, 0.4) is 0 Å². The molecule has 2 aliphatic rings. The van der Waals surface area contributed by atoms with E-state index in [0.29, 0.717) is 35.4 Å². The van der Waals surface area contributed by atoms with E-state index in [1.54, 1.807) is 18.1 Å². The van der Waals surface area contributed by atoms with Crippen molar-refractivity contribution in [3.63, 3.8) is 0 Å². The zero-order valence-electron chi connectivity index (χ0n) is 15.1. The molecule has 1 saturated heterocycles. The standard InChI is InChI=1S/C19H17N7O2/c1-26-6-5-10(7-15(26)27)17-12(8-20)16(13-9-21-23-19(13)22-17)11-3-2-4-14-18(11)25-28-24-14/h2-4,9-10,16H,5-7H2,1H3,(H2,21,22,23). The van der Waals surface area contributed by atoms with Gasteiger partial charge in [-0.25, -0.2) is 4.63 Å². The number of rotatable bonds is 2. The van der Waals surface area contributed by atoms with Gasteiger partial charge in [-0.2, -0.15) is 10.4 Å².